The van der Waals surface area contributed by atoms with E-state index in [1.54, 1.807) is 50.4 Å². The zero-order valence-corrected chi connectivity index (χ0v) is 17.3. The Labute approximate surface area is 178 Å². The molecular weight excluding hydrogens is 402 g/mol. The number of carbonyl (C=O) groups excluding carboxylic acids is 4. The molecule has 2 aromatic carbocycles. The summed E-state index contributed by atoms with van der Waals surface area (Å²) in [7, 11) is 1.65. The Morgan fingerprint density at radius 3 is 2.42 bits per heavy atom. The maximum atomic E-state index is 13.0. The average Bonchev–Trinajstić information content (AvgIpc) is 2.75. The average molecular weight is 423 g/mol. The van der Waals surface area contributed by atoms with Crippen molar-refractivity contribution in [3.8, 4) is 11.5 Å². The maximum Gasteiger partial charge on any atom is 0.265 e. The van der Waals surface area contributed by atoms with Crippen molar-refractivity contribution in [2.75, 3.05) is 35.4 Å². The van der Waals surface area contributed by atoms with Gasteiger partial charge in [-0.15, -0.1) is 0 Å². The number of fused-ring (bicyclic) bond motifs is 2. The highest BCUT2D eigenvalue weighted by atomic mass is 16.5. The largest absolute Gasteiger partial charge is 0.482 e. The summed E-state index contributed by atoms with van der Waals surface area (Å²) in [4.78, 5) is 51.9. The van der Waals surface area contributed by atoms with E-state index in [9.17, 15) is 19.2 Å². The van der Waals surface area contributed by atoms with E-state index >= 15 is 0 Å². The first-order chi connectivity index (χ1) is 14.8. The number of amides is 3. The fraction of sp³-hybridized carbons (Fsp3) is 0.273. The number of hydrogen-bond donors (Lipinski definition) is 1. The number of hydrogen-bond acceptors (Lipinski definition) is 6. The zero-order valence-electron chi connectivity index (χ0n) is 17.3. The highest BCUT2D eigenvalue weighted by Crippen LogP contribution is 2.36. The molecule has 1 N–H and O–H groups in total. The van der Waals surface area contributed by atoms with Crippen LogP contribution in [-0.4, -0.2) is 49.8 Å². The predicted octanol–water partition coefficient (Wildman–Crippen LogP) is 2.00. The van der Waals surface area contributed by atoms with Crippen LogP contribution >= 0.6 is 0 Å². The van der Waals surface area contributed by atoms with Crippen molar-refractivity contribution in [3.63, 3.8) is 0 Å². The smallest absolute Gasteiger partial charge is 0.265 e. The Morgan fingerprint density at radius 2 is 1.68 bits per heavy atom. The Balaban J connectivity index is 1.58. The Kier molecular flexibility index (Phi) is 5.10. The van der Waals surface area contributed by atoms with Crippen molar-refractivity contribution in [2.45, 2.75) is 19.9 Å². The molecule has 0 saturated heterocycles. The van der Waals surface area contributed by atoms with E-state index in [0.29, 0.717) is 34.1 Å². The standard InChI is InChI=1S/C22H21N3O6/c1-12(25-17-8-14(13(2)26)4-7-18(17)30-11-21(25)28)22(29)23-15-5-6-16-19(9-15)31-10-20(27)24(16)3/h4-9,12H,10-11H2,1-3H3,(H,23,29). The van der Waals surface area contributed by atoms with Crippen LogP contribution in [0.1, 0.15) is 24.2 Å². The molecule has 9 nitrogen and oxygen atoms in total. The summed E-state index contributed by atoms with van der Waals surface area (Å²) in [5, 5.41) is 2.78. The number of ketones is 1. The second kappa shape index (κ2) is 7.75. The number of nitrogens with zero attached hydrogens (tertiary/aromatic N) is 2. The third-order valence-corrected chi connectivity index (χ3v) is 5.33. The fourth-order valence-electron chi connectivity index (χ4n) is 3.53. The van der Waals surface area contributed by atoms with Gasteiger partial charge < -0.3 is 19.7 Å². The predicted molar refractivity (Wildman–Crippen MR) is 113 cm³/mol. The molecule has 4 rings (SSSR count). The molecule has 9 heteroatoms. The van der Waals surface area contributed by atoms with E-state index < -0.39 is 11.9 Å². The minimum absolute atomic E-state index is 0.0746. The molecule has 2 aliphatic rings. The molecule has 1 atom stereocenters. The van der Waals surface area contributed by atoms with E-state index in [2.05, 4.69) is 5.32 Å². The van der Waals surface area contributed by atoms with E-state index in [0.717, 1.165) is 0 Å². The van der Waals surface area contributed by atoms with Crippen LogP contribution in [0.5, 0.6) is 11.5 Å². The first-order valence-electron chi connectivity index (χ1n) is 9.70. The molecule has 1 unspecified atom stereocenters. The van der Waals surface area contributed by atoms with Gasteiger partial charge in [0, 0.05) is 24.4 Å². The lowest BCUT2D eigenvalue weighted by atomic mass is 10.1. The number of nitrogens with one attached hydrogen (secondary N) is 1. The number of Topliss-reactive ketones (excluding diaryl/α,β-unsaturated/α-hetero) is 1. The highest BCUT2D eigenvalue weighted by molar-refractivity contribution is 6.08. The van der Waals surface area contributed by atoms with Gasteiger partial charge in [0.2, 0.25) is 5.91 Å². The molecule has 0 spiro atoms. The molecule has 2 aromatic rings. The van der Waals surface area contributed by atoms with Gasteiger partial charge in [-0.25, -0.2) is 0 Å². The van der Waals surface area contributed by atoms with Crippen LogP contribution < -0.4 is 24.6 Å². The Bertz CT molecular complexity index is 1110. The van der Waals surface area contributed by atoms with E-state index in [-0.39, 0.29) is 30.8 Å². The zero-order chi connectivity index (χ0) is 22.3. The monoisotopic (exact) mass is 423 g/mol. The summed E-state index contributed by atoms with van der Waals surface area (Å²) >= 11 is 0. The molecule has 0 aliphatic carbocycles. The van der Waals surface area contributed by atoms with Gasteiger partial charge in [-0.2, -0.15) is 0 Å². The van der Waals surface area contributed by atoms with Gasteiger partial charge in [0.05, 0.1) is 11.4 Å². The van der Waals surface area contributed by atoms with Crippen LogP contribution in [0.2, 0.25) is 0 Å². The number of carbonyl (C=O) groups is 4. The molecule has 0 saturated carbocycles. The van der Waals surface area contributed by atoms with Crippen molar-refractivity contribution in [2.24, 2.45) is 0 Å². The van der Waals surface area contributed by atoms with Crippen molar-refractivity contribution in [1.29, 1.82) is 0 Å². The number of ether oxygens (including phenoxy) is 2. The molecule has 31 heavy (non-hydrogen) atoms. The summed E-state index contributed by atoms with van der Waals surface area (Å²) in [6.45, 7) is 2.76. The molecular formula is C22H21N3O6. The molecule has 2 aliphatic heterocycles. The molecule has 160 valence electrons. The number of likely N-dealkylation sites (N-methyl/N-ethyl adjacent to an activating group) is 1. The van der Waals surface area contributed by atoms with Crippen LogP contribution in [0.15, 0.2) is 36.4 Å². The third-order valence-electron chi connectivity index (χ3n) is 5.33. The van der Waals surface area contributed by atoms with Gasteiger partial charge in [0.25, 0.3) is 11.8 Å². The second-order valence-corrected chi connectivity index (χ2v) is 7.38. The quantitative estimate of drug-likeness (QED) is 0.754. The van der Waals surface area contributed by atoms with Crippen molar-refractivity contribution >= 4 is 40.6 Å². The van der Waals surface area contributed by atoms with E-state index in [4.69, 9.17) is 9.47 Å². The van der Waals surface area contributed by atoms with Gasteiger partial charge in [-0.05, 0) is 44.2 Å². The molecule has 0 fully saturated rings. The molecule has 3 amide bonds. The third kappa shape index (κ3) is 3.70. The summed E-state index contributed by atoms with van der Waals surface area (Å²) in [5.74, 6) is -0.215. The summed E-state index contributed by atoms with van der Waals surface area (Å²) in [5.41, 5.74) is 1.87. The van der Waals surface area contributed by atoms with Crippen LogP contribution in [-0.2, 0) is 14.4 Å². The minimum atomic E-state index is -0.862. The van der Waals surface area contributed by atoms with Gasteiger partial charge in [-0.3, -0.25) is 24.1 Å². The number of rotatable bonds is 4. The first kappa shape index (κ1) is 20.4. The van der Waals surface area contributed by atoms with Gasteiger partial charge in [0.15, 0.2) is 19.0 Å². The van der Waals surface area contributed by atoms with Gasteiger partial charge >= 0.3 is 0 Å². The van der Waals surface area contributed by atoms with Crippen LogP contribution in [0.3, 0.4) is 0 Å². The van der Waals surface area contributed by atoms with Crippen molar-refractivity contribution in [1.82, 2.24) is 0 Å². The molecule has 2 heterocycles. The number of anilines is 3. The van der Waals surface area contributed by atoms with Gasteiger partial charge in [-0.1, -0.05) is 0 Å². The lowest BCUT2D eigenvalue weighted by Crippen LogP contribution is -2.49. The fourth-order valence-corrected chi connectivity index (χ4v) is 3.53. The van der Waals surface area contributed by atoms with E-state index in [1.807, 2.05) is 0 Å². The van der Waals surface area contributed by atoms with E-state index in [1.165, 1.54) is 16.7 Å². The Hall–Kier alpha value is -3.88. The first-order valence-corrected chi connectivity index (χ1v) is 9.70. The highest BCUT2D eigenvalue weighted by Gasteiger charge is 2.34. The molecule has 0 aromatic heterocycles. The van der Waals surface area contributed by atoms with Crippen LogP contribution in [0.25, 0.3) is 0 Å². The van der Waals surface area contributed by atoms with Crippen LogP contribution in [0, 0.1) is 0 Å². The second-order valence-electron chi connectivity index (χ2n) is 7.38. The SMILES string of the molecule is CC(=O)c1ccc2c(c1)N(C(C)C(=O)Nc1ccc3c(c1)OCC(=O)N3C)C(=O)CO2. The van der Waals surface area contributed by atoms with Crippen LogP contribution in [0.4, 0.5) is 17.1 Å². The minimum Gasteiger partial charge on any atom is -0.482 e. The summed E-state index contributed by atoms with van der Waals surface area (Å²) < 4.78 is 10.9. The van der Waals surface area contributed by atoms with Gasteiger partial charge in [0.1, 0.15) is 17.5 Å². The lowest BCUT2D eigenvalue weighted by Gasteiger charge is -2.33. The topological polar surface area (TPSA) is 105 Å². The Morgan fingerprint density at radius 1 is 0.968 bits per heavy atom. The number of benzene rings is 2. The summed E-state index contributed by atoms with van der Waals surface area (Å²) in [6, 6.07) is 8.90. The maximum absolute atomic E-state index is 13.0. The van der Waals surface area contributed by atoms with Crippen molar-refractivity contribution < 1.29 is 28.7 Å². The normalized spacial score (nSPS) is 16.0. The summed E-state index contributed by atoms with van der Waals surface area (Å²) in [6.07, 6.45) is 0. The lowest BCUT2D eigenvalue weighted by molar-refractivity contribution is -0.125. The molecule has 0 bridgehead atoms. The molecule has 0 radical (unpaired) electrons. The van der Waals surface area contributed by atoms with Crippen molar-refractivity contribution in [3.05, 3.63) is 42.0 Å².